The molecule has 3 atom stereocenters. The Kier molecular flexibility index (Phi) is 4.78. The van der Waals surface area contributed by atoms with E-state index >= 15 is 0 Å². The Balaban J connectivity index is 1.47. The molecule has 0 saturated heterocycles. The number of Topliss-reactive ketones (excluding diaryl/α,β-unsaturated/α-hetero) is 1. The van der Waals surface area contributed by atoms with Gasteiger partial charge in [0.15, 0.2) is 11.9 Å². The summed E-state index contributed by atoms with van der Waals surface area (Å²) in [6.07, 6.45) is 0.281. The minimum atomic E-state index is -0.731. The van der Waals surface area contributed by atoms with Crippen LogP contribution in [0.1, 0.15) is 39.2 Å². The number of amides is 1. The van der Waals surface area contributed by atoms with Crippen LogP contribution >= 0.6 is 0 Å². The third-order valence-electron chi connectivity index (χ3n) is 6.32. The van der Waals surface area contributed by atoms with Crippen molar-refractivity contribution in [3.05, 3.63) is 35.9 Å². The number of fused-ring (bicyclic) bond motifs is 2. The lowest BCUT2D eigenvalue weighted by Crippen LogP contribution is -2.43. The van der Waals surface area contributed by atoms with Gasteiger partial charge >= 0.3 is 12.1 Å². The number of ether oxygens (including phenoxy) is 2. The van der Waals surface area contributed by atoms with Crippen molar-refractivity contribution in [1.29, 1.82) is 0 Å². The van der Waals surface area contributed by atoms with E-state index in [4.69, 9.17) is 9.47 Å². The highest BCUT2D eigenvalue weighted by Gasteiger charge is 2.67. The fraction of sp³-hybridized carbons (Fsp3) is 0.550. The van der Waals surface area contributed by atoms with Gasteiger partial charge in [0, 0.05) is 11.3 Å². The van der Waals surface area contributed by atoms with Gasteiger partial charge in [-0.3, -0.25) is 9.59 Å². The van der Waals surface area contributed by atoms with E-state index in [1.54, 1.807) is 0 Å². The van der Waals surface area contributed by atoms with Crippen molar-refractivity contribution in [2.24, 2.45) is 16.7 Å². The molecule has 2 aliphatic carbocycles. The van der Waals surface area contributed by atoms with E-state index in [1.165, 1.54) is 0 Å². The lowest BCUT2D eigenvalue weighted by Gasteiger charge is -2.37. The van der Waals surface area contributed by atoms with E-state index < -0.39 is 18.2 Å². The first-order valence-electron chi connectivity index (χ1n) is 8.93. The van der Waals surface area contributed by atoms with Crippen LogP contribution in [0.4, 0.5) is 4.79 Å². The number of ketones is 1. The van der Waals surface area contributed by atoms with E-state index in [9.17, 15) is 14.4 Å². The van der Waals surface area contributed by atoms with E-state index in [0.717, 1.165) is 18.4 Å². The fourth-order valence-electron chi connectivity index (χ4n) is 4.27. The Morgan fingerprint density at radius 2 is 1.88 bits per heavy atom. The largest absolute Gasteiger partial charge is 0.452 e. The van der Waals surface area contributed by atoms with Crippen molar-refractivity contribution in [2.75, 3.05) is 6.54 Å². The number of carbonyl (C=O) groups is 3. The Labute approximate surface area is 153 Å². The van der Waals surface area contributed by atoms with Gasteiger partial charge in [0.25, 0.3) is 0 Å². The SMILES string of the molecule is CC1(C)C2CCC1(C)C(OC(=O)CNC(=O)OCc1ccccc1)C2=O. The maximum atomic E-state index is 12.5. The molecule has 2 saturated carbocycles. The molecular formula is C20H25NO5. The molecule has 2 bridgehead atoms. The zero-order valence-corrected chi connectivity index (χ0v) is 15.4. The van der Waals surface area contributed by atoms with Gasteiger partial charge in [-0.25, -0.2) is 4.79 Å². The van der Waals surface area contributed by atoms with Gasteiger partial charge in [0.05, 0.1) is 0 Å². The van der Waals surface area contributed by atoms with Crippen LogP contribution < -0.4 is 5.32 Å². The summed E-state index contributed by atoms with van der Waals surface area (Å²) >= 11 is 0. The Morgan fingerprint density at radius 3 is 2.50 bits per heavy atom. The highest BCUT2D eigenvalue weighted by atomic mass is 16.6. The molecule has 0 spiro atoms. The maximum absolute atomic E-state index is 12.5. The summed E-state index contributed by atoms with van der Waals surface area (Å²) < 4.78 is 10.5. The summed E-state index contributed by atoms with van der Waals surface area (Å²) in [4.78, 5) is 36.3. The molecule has 1 aromatic rings. The first kappa shape index (κ1) is 18.4. The van der Waals surface area contributed by atoms with Crippen LogP contribution in [0.2, 0.25) is 0 Å². The zero-order chi connectivity index (χ0) is 18.9. The van der Waals surface area contributed by atoms with Gasteiger partial charge < -0.3 is 14.8 Å². The highest BCUT2D eigenvalue weighted by Crippen LogP contribution is 2.64. The van der Waals surface area contributed by atoms with E-state index in [-0.39, 0.29) is 35.7 Å². The molecule has 1 amide bonds. The first-order chi connectivity index (χ1) is 12.3. The monoisotopic (exact) mass is 359 g/mol. The standard InChI is InChI=1S/C20H25NO5/c1-19(2)14-9-10-20(19,3)17(16(14)23)26-15(22)11-21-18(24)25-12-13-7-5-4-6-8-13/h4-8,14,17H,9-12H2,1-3H3,(H,21,24). The molecule has 0 aliphatic heterocycles. The molecule has 3 unspecified atom stereocenters. The Morgan fingerprint density at radius 1 is 1.19 bits per heavy atom. The summed E-state index contributed by atoms with van der Waals surface area (Å²) in [6, 6.07) is 9.25. The maximum Gasteiger partial charge on any atom is 0.407 e. The number of alkyl carbamates (subject to hydrolysis) is 1. The summed E-state index contributed by atoms with van der Waals surface area (Å²) in [5.74, 6) is -0.678. The second-order valence-corrected chi connectivity index (χ2v) is 7.92. The van der Waals surface area contributed by atoms with Crippen molar-refractivity contribution in [3.63, 3.8) is 0 Å². The van der Waals surface area contributed by atoms with Gasteiger partial charge in [-0.1, -0.05) is 51.1 Å². The van der Waals surface area contributed by atoms with E-state index in [2.05, 4.69) is 19.2 Å². The van der Waals surface area contributed by atoms with Gasteiger partial charge in [-0.15, -0.1) is 0 Å². The molecule has 6 heteroatoms. The Bertz CT molecular complexity index is 714. The Hall–Kier alpha value is -2.37. The van der Waals surface area contributed by atoms with Crippen molar-refractivity contribution in [3.8, 4) is 0 Å². The fourth-order valence-corrected chi connectivity index (χ4v) is 4.27. The van der Waals surface area contributed by atoms with E-state index in [1.807, 2.05) is 37.3 Å². The van der Waals surface area contributed by atoms with Crippen LogP contribution in [-0.2, 0) is 25.7 Å². The van der Waals surface area contributed by atoms with Crippen LogP contribution in [0.25, 0.3) is 0 Å². The number of benzene rings is 1. The summed E-state index contributed by atoms with van der Waals surface area (Å²) in [5, 5.41) is 2.37. The van der Waals surface area contributed by atoms with Gasteiger partial charge in [-0.2, -0.15) is 0 Å². The first-order valence-corrected chi connectivity index (χ1v) is 8.93. The van der Waals surface area contributed by atoms with E-state index in [0.29, 0.717) is 0 Å². The van der Waals surface area contributed by atoms with Crippen molar-refractivity contribution in [1.82, 2.24) is 5.32 Å². The molecule has 140 valence electrons. The van der Waals surface area contributed by atoms with Gasteiger partial charge in [0.2, 0.25) is 0 Å². The summed E-state index contributed by atoms with van der Waals surface area (Å²) in [5.41, 5.74) is 0.322. The molecule has 0 aromatic heterocycles. The molecular weight excluding hydrogens is 334 g/mol. The normalized spacial score (nSPS) is 28.7. The topological polar surface area (TPSA) is 81.7 Å². The molecule has 6 nitrogen and oxygen atoms in total. The quantitative estimate of drug-likeness (QED) is 0.818. The lowest BCUT2D eigenvalue weighted by atomic mass is 9.70. The molecule has 1 aromatic carbocycles. The van der Waals surface area contributed by atoms with Crippen LogP contribution in [-0.4, -0.2) is 30.5 Å². The number of carbonyl (C=O) groups excluding carboxylic acids is 3. The number of hydrogen-bond donors (Lipinski definition) is 1. The third-order valence-corrected chi connectivity index (χ3v) is 6.32. The second kappa shape index (κ2) is 6.74. The van der Waals surface area contributed by atoms with Crippen LogP contribution in [0.3, 0.4) is 0 Å². The number of nitrogens with one attached hydrogen (secondary N) is 1. The van der Waals surface area contributed by atoms with Crippen molar-refractivity contribution < 1.29 is 23.9 Å². The summed E-state index contributed by atoms with van der Waals surface area (Å²) in [7, 11) is 0. The highest BCUT2D eigenvalue weighted by molar-refractivity contribution is 5.93. The number of hydrogen-bond acceptors (Lipinski definition) is 5. The third kappa shape index (κ3) is 3.08. The predicted octanol–water partition coefficient (Wildman–Crippen LogP) is 2.85. The molecule has 0 heterocycles. The average molecular weight is 359 g/mol. The molecule has 2 fully saturated rings. The lowest BCUT2D eigenvalue weighted by molar-refractivity contribution is -0.161. The van der Waals surface area contributed by atoms with Crippen molar-refractivity contribution in [2.45, 2.75) is 46.3 Å². The number of rotatable bonds is 5. The van der Waals surface area contributed by atoms with Crippen molar-refractivity contribution >= 4 is 17.8 Å². The summed E-state index contributed by atoms with van der Waals surface area (Å²) in [6.45, 7) is 5.94. The minimum Gasteiger partial charge on any atom is -0.452 e. The molecule has 0 radical (unpaired) electrons. The predicted molar refractivity (Wildman–Crippen MR) is 94.1 cm³/mol. The molecule has 26 heavy (non-hydrogen) atoms. The zero-order valence-electron chi connectivity index (χ0n) is 15.4. The smallest absolute Gasteiger partial charge is 0.407 e. The second-order valence-electron chi connectivity index (χ2n) is 7.92. The molecule has 2 aliphatic rings. The average Bonchev–Trinajstić information content (AvgIpc) is 2.92. The molecule has 3 rings (SSSR count). The van der Waals surface area contributed by atoms with Crippen LogP contribution in [0.5, 0.6) is 0 Å². The molecule has 1 N–H and O–H groups in total. The van der Waals surface area contributed by atoms with Crippen LogP contribution in [0.15, 0.2) is 30.3 Å². The van der Waals surface area contributed by atoms with Gasteiger partial charge in [-0.05, 0) is 23.8 Å². The minimum absolute atomic E-state index is 0.00348. The number of esters is 1. The van der Waals surface area contributed by atoms with Crippen LogP contribution in [0, 0.1) is 16.7 Å². The van der Waals surface area contributed by atoms with Gasteiger partial charge in [0.1, 0.15) is 13.2 Å².